The maximum absolute atomic E-state index is 9.55. The standard InChI is InChI=1S/C14H12N2O2S/c1-9(17)10-6-7-15-13(8-10)19-14-16-11-4-2-3-5-12(11)18-14/h2-9,17H,1H3/t9-/m1/s1. The van der Waals surface area contributed by atoms with Crippen molar-refractivity contribution in [2.75, 3.05) is 0 Å². The van der Waals surface area contributed by atoms with Crippen LogP contribution >= 0.6 is 11.8 Å². The van der Waals surface area contributed by atoms with Crippen LogP contribution in [0.3, 0.4) is 0 Å². The second kappa shape index (κ2) is 5.03. The molecule has 3 aromatic rings. The Morgan fingerprint density at radius 1 is 1.26 bits per heavy atom. The lowest BCUT2D eigenvalue weighted by Crippen LogP contribution is -1.92. The average molecular weight is 272 g/mol. The summed E-state index contributed by atoms with van der Waals surface area (Å²) in [6.07, 6.45) is 1.17. The molecule has 0 amide bonds. The molecule has 0 bridgehead atoms. The van der Waals surface area contributed by atoms with E-state index in [-0.39, 0.29) is 0 Å². The summed E-state index contributed by atoms with van der Waals surface area (Å²) in [6, 6.07) is 11.2. The zero-order valence-corrected chi connectivity index (χ0v) is 11.1. The third kappa shape index (κ3) is 2.62. The molecule has 1 N–H and O–H groups in total. The maximum atomic E-state index is 9.55. The van der Waals surface area contributed by atoms with Crippen LogP contribution in [0.15, 0.2) is 57.3 Å². The van der Waals surface area contributed by atoms with Crippen LogP contribution < -0.4 is 0 Å². The number of benzene rings is 1. The van der Waals surface area contributed by atoms with Gasteiger partial charge in [-0.15, -0.1) is 0 Å². The highest BCUT2D eigenvalue weighted by molar-refractivity contribution is 7.99. The summed E-state index contributed by atoms with van der Waals surface area (Å²) >= 11 is 1.34. The van der Waals surface area contributed by atoms with Crippen molar-refractivity contribution in [2.45, 2.75) is 23.3 Å². The van der Waals surface area contributed by atoms with Crippen LogP contribution in [0.4, 0.5) is 0 Å². The lowest BCUT2D eigenvalue weighted by molar-refractivity contribution is 0.199. The number of oxazole rings is 1. The van der Waals surface area contributed by atoms with Crippen LogP contribution in [-0.4, -0.2) is 15.1 Å². The Labute approximate surface area is 114 Å². The van der Waals surface area contributed by atoms with Gasteiger partial charge in [0.2, 0.25) is 0 Å². The van der Waals surface area contributed by atoms with Crippen molar-refractivity contribution in [3.05, 3.63) is 48.2 Å². The fraction of sp³-hybridized carbons (Fsp3) is 0.143. The number of aliphatic hydroxyl groups excluding tert-OH is 1. The predicted molar refractivity (Wildman–Crippen MR) is 73.0 cm³/mol. The number of aliphatic hydroxyl groups is 1. The molecule has 19 heavy (non-hydrogen) atoms. The summed E-state index contributed by atoms with van der Waals surface area (Å²) in [6.45, 7) is 1.73. The minimum atomic E-state index is -0.508. The molecule has 0 aliphatic carbocycles. The summed E-state index contributed by atoms with van der Waals surface area (Å²) in [5.74, 6) is 0. The molecule has 0 aliphatic heterocycles. The van der Waals surface area contributed by atoms with Crippen molar-refractivity contribution in [3.8, 4) is 0 Å². The van der Waals surface area contributed by atoms with E-state index in [1.807, 2.05) is 30.3 Å². The van der Waals surface area contributed by atoms with Crippen molar-refractivity contribution >= 4 is 22.9 Å². The van der Waals surface area contributed by atoms with Gasteiger partial charge in [-0.2, -0.15) is 0 Å². The maximum Gasteiger partial charge on any atom is 0.263 e. The SMILES string of the molecule is C[C@@H](O)c1ccnc(Sc2nc3ccccc3o2)c1. The van der Waals surface area contributed by atoms with E-state index in [9.17, 15) is 5.11 Å². The summed E-state index contributed by atoms with van der Waals surface area (Å²) in [5.41, 5.74) is 2.42. The molecule has 0 aliphatic rings. The first-order valence-corrected chi connectivity index (χ1v) is 6.71. The molecular weight excluding hydrogens is 260 g/mol. The van der Waals surface area contributed by atoms with Crippen molar-refractivity contribution in [2.24, 2.45) is 0 Å². The highest BCUT2D eigenvalue weighted by Crippen LogP contribution is 2.29. The second-order valence-corrected chi connectivity index (χ2v) is 5.12. The van der Waals surface area contributed by atoms with Gasteiger partial charge in [-0.05, 0) is 48.5 Å². The number of hydrogen-bond donors (Lipinski definition) is 1. The molecule has 2 aromatic heterocycles. The second-order valence-electron chi connectivity index (χ2n) is 4.15. The molecule has 0 unspecified atom stereocenters. The first kappa shape index (κ1) is 12.2. The molecule has 4 nitrogen and oxygen atoms in total. The summed E-state index contributed by atoms with van der Waals surface area (Å²) in [4.78, 5) is 8.62. The fourth-order valence-corrected chi connectivity index (χ4v) is 2.49. The number of pyridine rings is 1. The zero-order chi connectivity index (χ0) is 13.2. The Kier molecular flexibility index (Phi) is 3.23. The lowest BCUT2D eigenvalue weighted by Gasteiger charge is -2.04. The molecule has 1 atom stereocenters. The first-order valence-electron chi connectivity index (χ1n) is 5.90. The van der Waals surface area contributed by atoms with Crippen LogP contribution in [0.2, 0.25) is 0 Å². The minimum Gasteiger partial charge on any atom is -0.431 e. The van der Waals surface area contributed by atoms with Crippen LogP contribution in [0.25, 0.3) is 11.1 Å². The van der Waals surface area contributed by atoms with E-state index in [4.69, 9.17) is 4.42 Å². The molecule has 96 valence electrons. The predicted octanol–water partition coefficient (Wildman–Crippen LogP) is 3.43. The Morgan fingerprint density at radius 2 is 2.11 bits per heavy atom. The van der Waals surface area contributed by atoms with Gasteiger partial charge in [0.15, 0.2) is 5.58 Å². The molecule has 5 heteroatoms. The third-order valence-electron chi connectivity index (χ3n) is 2.71. The molecule has 0 fully saturated rings. The van der Waals surface area contributed by atoms with E-state index in [1.165, 1.54) is 11.8 Å². The van der Waals surface area contributed by atoms with Gasteiger partial charge >= 0.3 is 0 Å². The quantitative estimate of drug-likeness (QED) is 0.791. The highest BCUT2D eigenvalue weighted by Gasteiger charge is 2.09. The Morgan fingerprint density at radius 3 is 2.89 bits per heavy atom. The Balaban J connectivity index is 1.90. The van der Waals surface area contributed by atoms with Crippen molar-refractivity contribution in [3.63, 3.8) is 0 Å². The van der Waals surface area contributed by atoms with Crippen molar-refractivity contribution in [1.82, 2.24) is 9.97 Å². The Bertz CT molecular complexity index is 676. The fourth-order valence-electron chi connectivity index (χ4n) is 1.72. The van der Waals surface area contributed by atoms with Crippen molar-refractivity contribution in [1.29, 1.82) is 0 Å². The largest absolute Gasteiger partial charge is 0.431 e. The van der Waals surface area contributed by atoms with Gasteiger partial charge in [0.1, 0.15) is 10.5 Å². The van der Waals surface area contributed by atoms with E-state index in [0.717, 1.165) is 21.7 Å². The molecule has 0 spiro atoms. The number of fused-ring (bicyclic) bond motifs is 1. The van der Waals surface area contributed by atoms with Crippen LogP contribution in [0.5, 0.6) is 0 Å². The molecule has 3 rings (SSSR count). The van der Waals surface area contributed by atoms with Crippen LogP contribution in [-0.2, 0) is 0 Å². The van der Waals surface area contributed by atoms with E-state index < -0.39 is 6.10 Å². The number of rotatable bonds is 3. The average Bonchev–Trinajstić information content (AvgIpc) is 2.81. The summed E-state index contributed by atoms with van der Waals surface area (Å²) in [7, 11) is 0. The molecule has 0 saturated heterocycles. The number of hydrogen-bond acceptors (Lipinski definition) is 5. The normalized spacial score (nSPS) is 12.7. The van der Waals surface area contributed by atoms with Gasteiger partial charge in [-0.25, -0.2) is 9.97 Å². The van der Waals surface area contributed by atoms with E-state index in [0.29, 0.717) is 5.22 Å². The van der Waals surface area contributed by atoms with Gasteiger partial charge in [0.05, 0.1) is 6.10 Å². The topological polar surface area (TPSA) is 59.2 Å². The van der Waals surface area contributed by atoms with E-state index in [1.54, 1.807) is 19.2 Å². The monoisotopic (exact) mass is 272 g/mol. The van der Waals surface area contributed by atoms with Gasteiger partial charge in [0.25, 0.3) is 5.22 Å². The summed E-state index contributed by atoms with van der Waals surface area (Å²) < 4.78 is 5.62. The molecule has 0 radical (unpaired) electrons. The van der Waals surface area contributed by atoms with Gasteiger partial charge in [0, 0.05) is 6.20 Å². The van der Waals surface area contributed by atoms with Gasteiger partial charge in [-0.3, -0.25) is 0 Å². The van der Waals surface area contributed by atoms with E-state index >= 15 is 0 Å². The summed E-state index contributed by atoms with van der Waals surface area (Å²) in [5, 5.41) is 10.9. The van der Waals surface area contributed by atoms with Gasteiger partial charge in [-0.1, -0.05) is 12.1 Å². The van der Waals surface area contributed by atoms with Crippen LogP contribution in [0.1, 0.15) is 18.6 Å². The number of aromatic nitrogens is 2. The number of nitrogens with zero attached hydrogens (tertiary/aromatic N) is 2. The lowest BCUT2D eigenvalue weighted by atomic mass is 10.2. The Hall–Kier alpha value is -1.85. The zero-order valence-electron chi connectivity index (χ0n) is 10.3. The minimum absolute atomic E-state index is 0.508. The third-order valence-corrected chi connectivity index (χ3v) is 3.49. The smallest absolute Gasteiger partial charge is 0.263 e. The molecule has 1 aromatic carbocycles. The molecule has 2 heterocycles. The highest BCUT2D eigenvalue weighted by atomic mass is 32.2. The molecule has 0 saturated carbocycles. The van der Waals surface area contributed by atoms with Gasteiger partial charge < -0.3 is 9.52 Å². The van der Waals surface area contributed by atoms with E-state index in [2.05, 4.69) is 9.97 Å². The first-order chi connectivity index (χ1) is 9.22. The van der Waals surface area contributed by atoms with Crippen LogP contribution in [0, 0.1) is 0 Å². The van der Waals surface area contributed by atoms with Crippen molar-refractivity contribution < 1.29 is 9.52 Å². The molecular formula is C14H12N2O2S. The number of para-hydroxylation sites is 2.